The second-order valence-electron chi connectivity index (χ2n) is 5.40. The molecule has 0 amide bonds. The molecule has 0 radical (unpaired) electrons. The third-order valence-electron chi connectivity index (χ3n) is 4.14. The topological polar surface area (TPSA) is 81.7 Å². The SMILES string of the molecule is N#CC1(C#N)[C@H](c2ccccc2)[C@@H]1S(=O)(=O)c1ccc(Cl)cc1. The fourth-order valence-electron chi connectivity index (χ4n) is 2.94. The molecule has 0 heterocycles. The molecule has 0 aromatic heterocycles. The van der Waals surface area contributed by atoms with Crippen molar-refractivity contribution in [2.24, 2.45) is 5.41 Å². The molecular weight excluding hydrogens is 332 g/mol. The summed E-state index contributed by atoms with van der Waals surface area (Å²) >= 11 is 5.79. The fraction of sp³-hybridized carbons (Fsp3) is 0.176. The molecule has 1 fully saturated rings. The van der Waals surface area contributed by atoms with Crippen LogP contribution in [0.4, 0.5) is 0 Å². The highest BCUT2D eigenvalue weighted by molar-refractivity contribution is 7.92. The van der Waals surface area contributed by atoms with Crippen molar-refractivity contribution < 1.29 is 8.42 Å². The standard InChI is InChI=1S/C17H11ClN2O2S/c18-13-6-8-14(9-7-13)23(21,22)16-15(17(16,10-19)11-20)12-4-2-1-3-5-12/h1-9,15-16H/t15-,16+/m1/s1. The average molecular weight is 343 g/mol. The zero-order valence-electron chi connectivity index (χ0n) is 11.8. The first kappa shape index (κ1) is 15.6. The van der Waals surface area contributed by atoms with Crippen molar-refractivity contribution in [1.82, 2.24) is 0 Å². The Kier molecular flexibility index (Phi) is 3.64. The van der Waals surface area contributed by atoms with Crippen molar-refractivity contribution in [3.05, 3.63) is 65.2 Å². The summed E-state index contributed by atoms with van der Waals surface area (Å²) in [6, 6.07) is 18.4. The van der Waals surface area contributed by atoms with Crippen molar-refractivity contribution in [2.75, 3.05) is 0 Å². The molecule has 2 atom stereocenters. The molecule has 1 aliphatic carbocycles. The van der Waals surface area contributed by atoms with Crippen LogP contribution in [0.25, 0.3) is 0 Å². The summed E-state index contributed by atoms with van der Waals surface area (Å²) in [4.78, 5) is 0.0696. The molecule has 1 saturated carbocycles. The summed E-state index contributed by atoms with van der Waals surface area (Å²) < 4.78 is 25.8. The minimum absolute atomic E-state index is 0.0696. The van der Waals surface area contributed by atoms with Crippen LogP contribution in [0.2, 0.25) is 5.02 Å². The molecule has 0 N–H and O–H groups in total. The number of nitriles is 2. The van der Waals surface area contributed by atoms with Crippen LogP contribution in [0.3, 0.4) is 0 Å². The van der Waals surface area contributed by atoms with Gasteiger partial charge in [-0.1, -0.05) is 41.9 Å². The molecule has 0 unspecified atom stereocenters. The van der Waals surface area contributed by atoms with Crippen molar-refractivity contribution in [3.8, 4) is 12.1 Å². The minimum atomic E-state index is -3.82. The van der Waals surface area contributed by atoms with E-state index in [1.807, 2.05) is 12.1 Å². The Morgan fingerprint density at radius 1 is 0.957 bits per heavy atom. The first-order valence-electron chi connectivity index (χ1n) is 6.84. The molecule has 0 bridgehead atoms. The summed E-state index contributed by atoms with van der Waals surface area (Å²) in [6.07, 6.45) is 0. The average Bonchev–Trinajstić information content (AvgIpc) is 3.27. The Labute approximate surface area is 139 Å². The van der Waals surface area contributed by atoms with Gasteiger partial charge in [0.25, 0.3) is 0 Å². The van der Waals surface area contributed by atoms with Gasteiger partial charge in [0.15, 0.2) is 15.3 Å². The maximum Gasteiger partial charge on any atom is 0.184 e. The highest BCUT2D eigenvalue weighted by Crippen LogP contribution is 2.63. The van der Waals surface area contributed by atoms with Crippen molar-refractivity contribution in [3.63, 3.8) is 0 Å². The van der Waals surface area contributed by atoms with Crippen LogP contribution in [0.1, 0.15) is 11.5 Å². The van der Waals surface area contributed by atoms with Gasteiger partial charge in [-0.15, -0.1) is 0 Å². The molecule has 114 valence electrons. The van der Waals surface area contributed by atoms with Gasteiger partial charge >= 0.3 is 0 Å². The van der Waals surface area contributed by atoms with Gasteiger partial charge in [0.2, 0.25) is 0 Å². The van der Waals surface area contributed by atoms with Crippen LogP contribution in [-0.4, -0.2) is 13.7 Å². The number of nitrogens with zero attached hydrogens (tertiary/aromatic N) is 2. The van der Waals surface area contributed by atoms with Gasteiger partial charge in [-0.3, -0.25) is 0 Å². The van der Waals surface area contributed by atoms with Gasteiger partial charge in [0.05, 0.1) is 17.0 Å². The van der Waals surface area contributed by atoms with Crippen molar-refractivity contribution >= 4 is 21.4 Å². The van der Waals surface area contributed by atoms with E-state index in [1.54, 1.807) is 30.3 Å². The number of benzene rings is 2. The Morgan fingerprint density at radius 2 is 1.52 bits per heavy atom. The smallest absolute Gasteiger partial charge is 0.184 e. The molecule has 0 saturated heterocycles. The Morgan fingerprint density at radius 3 is 2.04 bits per heavy atom. The van der Waals surface area contributed by atoms with E-state index in [9.17, 15) is 18.9 Å². The lowest BCUT2D eigenvalue weighted by Crippen LogP contribution is -2.14. The van der Waals surface area contributed by atoms with E-state index in [4.69, 9.17) is 11.6 Å². The Hall–Kier alpha value is -2.34. The van der Waals surface area contributed by atoms with Gasteiger partial charge in [0.1, 0.15) is 5.25 Å². The van der Waals surface area contributed by atoms with Gasteiger partial charge in [0, 0.05) is 10.9 Å². The van der Waals surface area contributed by atoms with E-state index in [0.717, 1.165) is 0 Å². The van der Waals surface area contributed by atoms with Crippen molar-refractivity contribution in [1.29, 1.82) is 10.5 Å². The van der Waals surface area contributed by atoms with Gasteiger partial charge in [-0.05, 0) is 29.8 Å². The van der Waals surface area contributed by atoms with E-state index >= 15 is 0 Å². The summed E-state index contributed by atoms with van der Waals surface area (Å²) in [5.74, 6) is -0.653. The van der Waals surface area contributed by atoms with Crippen LogP contribution in [0, 0.1) is 28.1 Å². The first-order chi connectivity index (χ1) is 11.0. The van der Waals surface area contributed by atoms with E-state index < -0.39 is 26.4 Å². The zero-order valence-corrected chi connectivity index (χ0v) is 13.4. The highest BCUT2D eigenvalue weighted by Gasteiger charge is 2.73. The predicted octanol–water partition coefficient (Wildman–Crippen LogP) is 3.31. The molecule has 6 heteroatoms. The molecule has 23 heavy (non-hydrogen) atoms. The van der Waals surface area contributed by atoms with Crippen LogP contribution < -0.4 is 0 Å². The quantitative estimate of drug-likeness (QED) is 0.856. The maximum atomic E-state index is 12.9. The number of rotatable bonds is 3. The van der Waals surface area contributed by atoms with Crippen LogP contribution in [0.15, 0.2) is 59.5 Å². The molecule has 4 nitrogen and oxygen atoms in total. The number of hydrogen-bond donors (Lipinski definition) is 0. The predicted molar refractivity (Wildman–Crippen MR) is 85.3 cm³/mol. The second kappa shape index (κ2) is 5.38. The van der Waals surface area contributed by atoms with E-state index in [1.165, 1.54) is 24.3 Å². The second-order valence-corrected chi connectivity index (χ2v) is 7.91. The highest BCUT2D eigenvalue weighted by atomic mass is 35.5. The molecule has 0 spiro atoms. The summed E-state index contributed by atoms with van der Waals surface area (Å²) in [7, 11) is -3.82. The monoisotopic (exact) mass is 342 g/mol. The third kappa shape index (κ3) is 2.30. The number of halogens is 1. The lowest BCUT2D eigenvalue weighted by molar-refractivity contribution is 0.591. The van der Waals surface area contributed by atoms with Crippen LogP contribution in [-0.2, 0) is 9.84 Å². The maximum absolute atomic E-state index is 12.9. The lowest BCUT2D eigenvalue weighted by Gasteiger charge is -2.04. The molecule has 3 rings (SSSR count). The lowest BCUT2D eigenvalue weighted by atomic mass is 10.0. The molecule has 2 aromatic rings. The van der Waals surface area contributed by atoms with Crippen LogP contribution >= 0.6 is 11.6 Å². The molecule has 2 aromatic carbocycles. The molecule has 0 aliphatic heterocycles. The Balaban J connectivity index is 2.10. The van der Waals surface area contributed by atoms with Crippen molar-refractivity contribution in [2.45, 2.75) is 16.1 Å². The summed E-state index contributed by atoms with van der Waals surface area (Å²) in [5.41, 5.74) is -0.877. The van der Waals surface area contributed by atoms with E-state index in [-0.39, 0.29) is 4.90 Å². The fourth-order valence-corrected chi connectivity index (χ4v) is 5.27. The Bertz CT molecular complexity index is 911. The summed E-state index contributed by atoms with van der Waals surface area (Å²) in [6.45, 7) is 0. The number of hydrogen-bond acceptors (Lipinski definition) is 4. The van der Waals surface area contributed by atoms with Gasteiger partial charge in [-0.25, -0.2) is 8.42 Å². The minimum Gasteiger partial charge on any atom is -0.223 e. The van der Waals surface area contributed by atoms with E-state index in [2.05, 4.69) is 0 Å². The molecule has 1 aliphatic rings. The first-order valence-corrected chi connectivity index (χ1v) is 8.77. The van der Waals surface area contributed by atoms with Gasteiger partial charge in [-0.2, -0.15) is 10.5 Å². The summed E-state index contributed by atoms with van der Waals surface area (Å²) in [5, 5.41) is 18.3. The zero-order chi connectivity index (χ0) is 16.7. The van der Waals surface area contributed by atoms with Crippen LogP contribution in [0.5, 0.6) is 0 Å². The normalized spacial score (nSPS) is 21.9. The third-order valence-corrected chi connectivity index (χ3v) is 6.63. The number of sulfone groups is 1. The molecular formula is C17H11ClN2O2S. The largest absolute Gasteiger partial charge is 0.223 e. The van der Waals surface area contributed by atoms with Gasteiger partial charge < -0.3 is 0 Å². The van der Waals surface area contributed by atoms with E-state index in [0.29, 0.717) is 10.6 Å².